The van der Waals surface area contributed by atoms with Crippen molar-refractivity contribution in [3.63, 3.8) is 0 Å². The maximum absolute atomic E-state index is 6.25. The van der Waals surface area contributed by atoms with E-state index < -0.39 is 0 Å². The molecule has 0 aliphatic heterocycles. The standard InChI is InChI=1S/C14H17NOS/c15-12(9-11-5-3-7-16-11)14-8-10-4-1-2-6-13(10)17-14/h3,5,7-8,12H,1-2,4,6,9,15H2. The second-order valence-corrected chi connectivity index (χ2v) is 5.86. The Morgan fingerprint density at radius 2 is 2.24 bits per heavy atom. The fourth-order valence-corrected chi connectivity index (χ4v) is 3.70. The molecule has 0 spiro atoms. The summed E-state index contributed by atoms with van der Waals surface area (Å²) < 4.78 is 5.35. The Labute approximate surface area is 105 Å². The first-order valence-corrected chi connectivity index (χ1v) is 7.04. The maximum Gasteiger partial charge on any atom is 0.105 e. The van der Waals surface area contributed by atoms with E-state index in [4.69, 9.17) is 10.2 Å². The van der Waals surface area contributed by atoms with Gasteiger partial charge in [-0.05, 0) is 49.4 Å². The van der Waals surface area contributed by atoms with Crippen LogP contribution in [-0.4, -0.2) is 0 Å². The van der Waals surface area contributed by atoms with E-state index >= 15 is 0 Å². The van der Waals surface area contributed by atoms with Crippen molar-refractivity contribution in [1.82, 2.24) is 0 Å². The number of thiophene rings is 1. The van der Waals surface area contributed by atoms with Crippen LogP contribution in [0.15, 0.2) is 28.9 Å². The molecule has 2 aromatic heterocycles. The summed E-state index contributed by atoms with van der Waals surface area (Å²) in [4.78, 5) is 2.87. The van der Waals surface area contributed by atoms with E-state index in [9.17, 15) is 0 Å². The van der Waals surface area contributed by atoms with Crippen molar-refractivity contribution in [1.29, 1.82) is 0 Å². The average Bonchev–Trinajstić information content (AvgIpc) is 2.96. The number of rotatable bonds is 3. The molecule has 0 amide bonds. The number of nitrogens with two attached hydrogens (primary N) is 1. The average molecular weight is 247 g/mol. The lowest BCUT2D eigenvalue weighted by molar-refractivity contribution is 0.490. The predicted octanol–water partition coefficient (Wildman–Crippen LogP) is 3.46. The van der Waals surface area contributed by atoms with E-state index in [1.165, 1.54) is 36.1 Å². The molecule has 0 saturated heterocycles. The van der Waals surface area contributed by atoms with E-state index in [0.717, 1.165) is 12.2 Å². The lowest BCUT2D eigenvalue weighted by atomic mass is 9.98. The van der Waals surface area contributed by atoms with Crippen molar-refractivity contribution >= 4 is 11.3 Å². The molecule has 0 saturated carbocycles. The Balaban J connectivity index is 1.77. The monoisotopic (exact) mass is 247 g/mol. The van der Waals surface area contributed by atoms with Crippen LogP contribution in [0.3, 0.4) is 0 Å². The van der Waals surface area contributed by atoms with Gasteiger partial charge in [-0.2, -0.15) is 0 Å². The predicted molar refractivity (Wildman–Crippen MR) is 70.3 cm³/mol. The third-order valence-corrected chi connectivity index (χ3v) is 4.75. The van der Waals surface area contributed by atoms with Crippen LogP contribution in [0.25, 0.3) is 0 Å². The Morgan fingerprint density at radius 1 is 1.35 bits per heavy atom. The quantitative estimate of drug-likeness (QED) is 0.902. The summed E-state index contributed by atoms with van der Waals surface area (Å²) >= 11 is 1.90. The van der Waals surface area contributed by atoms with Crippen molar-refractivity contribution in [2.45, 2.75) is 38.1 Å². The summed E-state index contributed by atoms with van der Waals surface area (Å²) in [6, 6.07) is 6.30. The molecule has 2 aromatic rings. The van der Waals surface area contributed by atoms with Crippen LogP contribution in [0, 0.1) is 0 Å². The van der Waals surface area contributed by atoms with Gasteiger partial charge in [-0.1, -0.05) is 0 Å². The van der Waals surface area contributed by atoms with Gasteiger partial charge in [-0.15, -0.1) is 11.3 Å². The molecule has 2 heterocycles. The second kappa shape index (κ2) is 4.67. The fraction of sp³-hybridized carbons (Fsp3) is 0.429. The summed E-state index contributed by atoms with van der Waals surface area (Å²) in [6.45, 7) is 0. The third kappa shape index (κ3) is 2.31. The molecule has 3 rings (SSSR count). The molecule has 1 aliphatic rings. The van der Waals surface area contributed by atoms with Gasteiger partial charge in [0.2, 0.25) is 0 Å². The zero-order valence-corrected chi connectivity index (χ0v) is 10.6. The van der Waals surface area contributed by atoms with Crippen molar-refractivity contribution in [2.24, 2.45) is 5.73 Å². The molecule has 90 valence electrons. The Hall–Kier alpha value is -1.06. The van der Waals surface area contributed by atoms with Gasteiger partial charge in [0, 0.05) is 22.2 Å². The van der Waals surface area contributed by atoms with Crippen molar-refractivity contribution in [3.05, 3.63) is 45.5 Å². The molecule has 0 fully saturated rings. The van der Waals surface area contributed by atoms with Gasteiger partial charge >= 0.3 is 0 Å². The molecule has 2 N–H and O–H groups in total. The molecular formula is C14H17NOS. The van der Waals surface area contributed by atoms with Gasteiger partial charge in [0.05, 0.1) is 6.26 Å². The van der Waals surface area contributed by atoms with Crippen molar-refractivity contribution in [2.75, 3.05) is 0 Å². The van der Waals surface area contributed by atoms with E-state index in [-0.39, 0.29) is 6.04 Å². The van der Waals surface area contributed by atoms with Crippen LogP contribution in [0.1, 0.15) is 40.0 Å². The first-order chi connectivity index (χ1) is 8.33. The Bertz CT molecular complexity index is 463. The van der Waals surface area contributed by atoms with Gasteiger partial charge in [0.15, 0.2) is 0 Å². The largest absolute Gasteiger partial charge is 0.469 e. The number of fused-ring (bicyclic) bond motifs is 1. The van der Waals surface area contributed by atoms with Crippen molar-refractivity contribution in [3.8, 4) is 0 Å². The summed E-state index contributed by atoms with van der Waals surface area (Å²) in [5.41, 5.74) is 7.78. The molecule has 3 heteroatoms. The molecule has 1 aliphatic carbocycles. The van der Waals surface area contributed by atoms with Gasteiger partial charge < -0.3 is 10.2 Å². The molecule has 2 nitrogen and oxygen atoms in total. The highest BCUT2D eigenvalue weighted by Gasteiger charge is 2.17. The maximum atomic E-state index is 6.25. The lowest BCUT2D eigenvalue weighted by Gasteiger charge is -2.08. The zero-order valence-electron chi connectivity index (χ0n) is 9.82. The Kier molecular flexibility index (Phi) is 3.04. The molecule has 1 atom stereocenters. The third-order valence-electron chi connectivity index (χ3n) is 3.38. The van der Waals surface area contributed by atoms with Gasteiger partial charge in [-0.3, -0.25) is 0 Å². The van der Waals surface area contributed by atoms with Crippen LogP contribution in [-0.2, 0) is 19.3 Å². The van der Waals surface area contributed by atoms with E-state index in [1.54, 1.807) is 11.1 Å². The highest BCUT2D eigenvalue weighted by molar-refractivity contribution is 7.12. The molecular weight excluding hydrogens is 230 g/mol. The van der Waals surface area contributed by atoms with Gasteiger partial charge in [-0.25, -0.2) is 0 Å². The van der Waals surface area contributed by atoms with E-state index in [2.05, 4.69) is 6.07 Å². The normalized spacial score (nSPS) is 16.8. The first kappa shape index (κ1) is 11.1. The SMILES string of the molecule is NC(Cc1ccco1)c1cc2c(s1)CCCC2. The van der Waals surface area contributed by atoms with Crippen LogP contribution >= 0.6 is 11.3 Å². The second-order valence-electron chi connectivity index (χ2n) is 4.69. The van der Waals surface area contributed by atoms with Crippen LogP contribution < -0.4 is 5.73 Å². The Morgan fingerprint density at radius 3 is 3.00 bits per heavy atom. The highest BCUT2D eigenvalue weighted by Crippen LogP contribution is 2.33. The highest BCUT2D eigenvalue weighted by atomic mass is 32.1. The minimum atomic E-state index is 0.0803. The van der Waals surface area contributed by atoms with Crippen molar-refractivity contribution < 1.29 is 4.42 Å². The lowest BCUT2D eigenvalue weighted by Crippen LogP contribution is -2.11. The molecule has 17 heavy (non-hydrogen) atoms. The summed E-state index contributed by atoms with van der Waals surface area (Å²) in [6.07, 6.45) is 7.65. The van der Waals surface area contributed by atoms with Crippen LogP contribution in [0.4, 0.5) is 0 Å². The van der Waals surface area contributed by atoms with Gasteiger partial charge in [0.1, 0.15) is 5.76 Å². The molecule has 0 radical (unpaired) electrons. The number of furan rings is 1. The number of aryl methyl sites for hydroxylation is 2. The minimum Gasteiger partial charge on any atom is -0.469 e. The molecule has 0 bridgehead atoms. The fourth-order valence-electron chi connectivity index (χ4n) is 2.44. The summed E-state index contributed by atoms with van der Waals surface area (Å²) in [7, 11) is 0. The smallest absolute Gasteiger partial charge is 0.105 e. The van der Waals surface area contributed by atoms with Crippen LogP contribution in [0.5, 0.6) is 0 Å². The molecule has 0 aromatic carbocycles. The summed E-state index contributed by atoms with van der Waals surface area (Å²) in [5, 5.41) is 0. The number of hydrogen-bond acceptors (Lipinski definition) is 3. The van der Waals surface area contributed by atoms with Gasteiger partial charge in [0.25, 0.3) is 0 Å². The zero-order chi connectivity index (χ0) is 11.7. The van der Waals surface area contributed by atoms with Crippen LogP contribution in [0.2, 0.25) is 0 Å². The minimum absolute atomic E-state index is 0.0803. The first-order valence-electron chi connectivity index (χ1n) is 6.22. The number of hydrogen-bond donors (Lipinski definition) is 1. The van der Waals surface area contributed by atoms with E-state index in [1.807, 2.05) is 23.5 Å². The summed E-state index contributed by atoms with van der Waals surface area (Å²) in [5.74, 6) is 0.976. The van der Waals surface area contributed by atoms with E-state index in [0.29, 0.717) is 0 Å². The molecule has 1 unspecified atom stereocenters. The topological polar surface area (TPSA) is 39.2 Å².